The van der Waals surface area contributed by atoms with E-state index < -0.39 is 78.4 Å². The molecule has 1 saturated carbocycles. The van der Waals surface area contributed by atoms with Crippen LogP contribution in [0.1, 0.15) is 153 Å². The van der Waals surface area contributed by atoms with Gasteiger partial charge in [-0.25, -0.2) is 34.2 Å². The van der Waals surface area contributed by atoms with E-state index in [0.717, 1.165) is 61.4 Å². The molecule has 6 aliphatic rings. The number of allylic oxidation sites excluding steroid dienone is 5. The van der Waals surface area contributed by atoms with Crippen molar-refractivity contribution in [1.29, 1.82) is 0 Å². The van der Waals surface area contributed by atoms with Gasteiger partial charge in [-0.15, -0.1) is 0 Å². The van der Waals surface area contributed by atoms with Crippen LogP contribution in [-0.4, -0.2) is 278 Å². The van der Waals surface area contributed by atoms with Gasteiger partial charge in [-0.1, -0.05) is 75.4 Å². The molecule has 14 atom stereocenters. The maximum absolute atomic E-state index is 14.8. The van der Waals surface area contributed by atoms with Crippen molar-refractivity contribution in [3.63, 3.8) is 0 Å². The smallest absolute Gasteiger partial charge is 0.407 e. The van der Waals surface area contributed by atoms with Gasteiger partial charge in [-0.05, 0) is 155 Å². The molecular weight excluding hydrogens is 1620 g/mol. The van der Waals surface area contributed by atoms with E-state index in [9.17, 15) is 33.9 Å². The third kappa shape index (κ3) is 26.4. The predicted octanol–water partition coefficient (Wildman–Crippen LogP) is 9.86. The van der Waals surface area contributed by atoms with Crippen LogP contribution >= 0.6 is 0 Å². The highest BCUT2D eigenvalue weighted by atomic mass is 16.6. The minimum absolute atomic E-state index is 0.0394. The lowest BCUT2D eigenvalue weighted by molar-refractivity contribution is -0.168. The fourth-order valence-electron chi connectivity index (χ4n) is 18.0. The van der Waals surface area contributed by atoms with Gasteiger partial charge in [0.1, 0.15) is 59.9 Å². The lowest BCUT2D eigenvalue weighted by Crippen LogP contribution is -2.54. The van der Waals surface area contributed by atoms with E-state index in [0.29, 0.717) is 207 Å². The van der Waals surface area contributed by atoms with Crippen molar-refractivity contribution in [3.05, 3.63) is 125 Å². The first-order valence-corrected chi connectivity index (χ1v) is 44.8. The number of anilines is 3. The molecule has 0 spiro atoms. The summed E-state index contributed by atoms with van der Waals surface area (Å²) in [6.07, 6.45) is 18.3. The monoisotopic (exact) mass is 1750 g/mol. The van der Waals surface area contributed by atoms with Gasteiger partial charge in [-0.2, -0.15) is 10.1 Å². The molecular formula is C93H130N14O19. The average Bonchev–Trinajstić information content (AvgIpc) is 1.61. The normalized spacial score (nSPS) is 27.1. The fraction of sp³-hybridized carbons (Fsp3) is 0.613. The van der Waals surface area contributed by atoms with Gasteiger partial charge in [-0.3, -0.25) is 24.1 Å². The van der Waals surface area contributed by atoms with Gasteiger partial charge < -0.3 is 93.1 Å². The standard InChI is InChI=1S/C93H130N14O19/c1-59-16-11-10-12-17-60(2)77(115-6)51-70-18-15-20-76(123-70)85(111)89(112)106-31-14-13-19-73(106)90(113)124-71(52-78(116-7)61(3)47-63(5)84(110)86(118-9)83(109)62(4)46-59)26-22-64-23-27-75(79(49-64)117-8)126-93(114)98-55-66-53-96-92(97-54-66)104-35-33-103(34-36-104)37-39-120-41-43-122-45-44-121-42-40-119-38-30-80(108)105-32-29-67-48-65(21-24-69(67)57-105)56-107-88-81(87(94)99-58-100-88)82(102-107)68-25-28-74-72(50-68)101-91(95)125-74/h10-12,16-17,21,24-25,28,47-48,50,53-54,58-59,61-62,64,70-71,73,75-79,84,86,110H,13-15,18-20,22-23,26-27,29-46,49,51-52,55-57H2,1-9H3,(H2,95,101)(H,98,114)(H2,94,99,100)/b12-10+,16-11+,60-17+,63-47+/t59-,61-,62-,64-,70?,71-,73+,75-,76?,77+,78-,79-,84-,86+/m1/s1. The molecule has 33 heteroatoms. The minimum atomic E-state index is -1.24. The Labute approximate surface area is 738 Å². The number of nitrogen functional groups attached to an aromatic ring is 2. The highest BCUT2D eigenvalue weighted by molar-refractivity contribution is 6.38. The summed E-state index contributed by atoms with van der Waals surface area (Å²) in [5.41, 5.74) is 21.0. The molecule has 12 rings (SSSR count). The number of rotatable bonds is 29. The van der Waals surface area contributed by atoms with E-state index >= 15 is 0 Å². The number of methoxy groups -OCH3 is 4. The zero-order valence-electron chi connectivity index (χ0n) is 74.7. The molecule has 3 saturated heterocycles. The quantitative estimate of drug-likeness (QED) is 0.0147. The molecule has 4 fully saturated rings. The number of cyclic esters (lactones) is 1. The fourth-order valence-corrected chi connectivity index (χ4v) is 18.0. The molecule has 0 radical (unpaired) electrons. The number of nitrogens with zero attached hydrogens (tertiary/aromatic N) is 11. The number of carbonyl (C=O) groups excluding carboxylic acids is 6. The van der Waals surface area contributed by atoms with Gasteiger partial charge >= 0.3 is 12.1 Å². The largest absolute Gasteiger partial charge is 0.461 e. The number of fused-ring (bicyclic) bond motifs is 6. The number of nitrogens with one attached hydrogen (secondary N) is 1. The second-order valence-electron chi connectivity index (χ2n) is 34.3. The molecule has 5 aliphatic heterocycles. The number of aliphatic hydroxyl groups excluding tert-OH is 1. The summed E-state index contributed by atoms with van der Waals surface area (Å²) in [6, 6.07) is 11.0. The molecule has 2 unspecified atom stereocenters. The Hall–Kier alpha value is -9.52. The number of amides is 3. The van der Waals surface area contributed by atoms with Crippen LogP contribution in [-0.2, 0) is 102 Å². The minimum Gasteiger partial charge on any atom is -0.461 e. The molecule has 1 aliphatic carbocycles. The Morgan fingerprint density at radius 1 is 0.690 bits per heavy atom. The first kappa shape index (κ1) is 95.6. The van der Waals surface area contributed by atoms with Crippen LogP contribution in [0, 0.1) is 23.7 Å². The summed E-state index contributed by atoms with van der Waals surface area (Å²) in [5.74, 6) is -1.87. The average molecular weight is 1750 g/mol. The Kier molecular flexibility index (Phi) is 36.0. The Morgan fingerprint density at radius 3 is 2.19 bits per heavy atom. The third-order valence-corrected chi connectivity index (χ3v) is 25.3. The maximum atomic E-state index is 14.8. The van der Waals surface area contributed by atoms with Crippen molar-refractivity contribution in [2.75, 3.05) is 143 Å². The topological polar surface area (TPSA) is 397 Å². The lowest BCUT2D eigenvalue weighted by Gasteiger charge is -2.37. The van der Waals surface area contributed by atoms with Crippen LogP contribution in [0.2, 0.25) is 0 Å². The van der Waals surface area contributed by atoms with Crippen LogP contribution in [0.4, 0.5) is 22.6 Å². The number of aromatic nitrogens is 7. The molecule has 126 heavy (non-hydrogen) atoms. The number of Topliss-reactive ketones (excluding diaryl/α,β-unsaturated/α-hetero) is 2. The number of benzene rings is 2. The van der Waals surface area contributed by atoms with E-state index in [1.807, 2.05) is 85.9 Å². The second-order valence-corrected chi connectivity index (χ2v) is 34.3. The Bertz CT molecular complexity index is 4700. The number of hydrogen-bond donors (Lipinski definition) is 4. The third-order valence-electron chi connectivity index (χ3n) is 25.3. The number of oxazole rings is 1. The predicted molar refractivity (Wildman–Crippen MR) is 472 cm³/mol. The van der Waals surface area contributed by atoms with Gasteiger partial charge in [0.05, 0.1) is 95.6 Å². The van der Waals surface area contributed by atoms with Crippen molar-refractivity contribution in [1.82, 2.24) is 54.7 Å². The van der Waals surface area contributed by atoms with E-state index in [1.165, 1.54) is 23.9 Å². The van der Waals surface area contributed by atoms with Crippen molar-refractivity contribution < 1.29 is 90.4 Å². The first-order valence-electron chi connectivity index (χ1n) is 44.8. The number of hydrogen-bond acceptors (Lipinski definition) is 29. The first-order chi connectivity index (χ1) is 61.0. The number of ketones is 2. The van der Waals surface area contributed by atoms with Crippen molar-refractivity contribution >= 4 is 75.4 Å². The van der Waals surface area contributed by atoms with Gasteiger partial charge in [0, 0.05) is 136 Å². The molecule has 686 valence electrons. The zero-order chi connectivity index (χ0) is 89.2. The van der Waals surface area contributed by atoms with E-state index in [1.54, 1.807) is 46.7 Å². The Balaban J connectivity index is 0.523. The highest BCUT2D eigenvalue weighted by Gasteiger charge is 2.43. The SMILES string of the molecule is CO[C@H]1CC2CCCC(O2)C(=O)C(=O)N2CCCC[C@H]2C(=O)O[C@H](CC[C@@H]2CC[C@@H](OC(=O)NCc3cnc(N4CCN(CCOCCOCCOCCOCCC(=O)N5CCc6cc(Cn7nc(-c8ccc9oc(N)nc9c8)c8c(N)ncnc87)ccc6C5)CC4)nc3)[C@H](OC)C2)C[C@@H](OC)[C@H](C)/C=C(\C)[C@@H](O)[C@@H](OC)C(=O)[C@H](C)C[C@H](C)/C=C/C=C/C=C/1C. The van der Waals surface area contributed by atoms with Gasteiger partial charge in [0.2, 0.25) is 17.6 Å². The number of nitrogens with two attached hydrogens (primary N) is 2. The number of aliphatic hydroxyl groups is 1. The molecule has 2 aromatic carbocycles. The molecule has 9 heterocycles. The summed E-state index contributed by atoms with van der Waals surface area (Å²) >= 11 is 0. The summed E-state index contributed by atoms with van der Waals surface area (Å²) in [7, 11) is 6.27. The molecule has 33 nitrogen and oxygen atoms in total. The summed E-state index contributed by atoms with van der Waals surface area (Å²) in [4.78, 5) is 114. The number of ether oxygens (including phenoxy) is 11. The van der Waals surface area contributed by atoms with Crippen molar-refractivity contribution in [3.8, 4) is 11.3 Å². The van der Waals surface area contributed by atoms with Crippen LogP contribution in [0.3, 0.4) is 0 Å². The van der Waals surface area contributed by atoms with E-state index in [4.69, 9.17) is 73.1 Å². The molecule has 6 N–H and O–H groups in total. The number of esters is 1. The maximum Gasteiger partial charge on any atom is 0.407 e. The summed E-state index contributed by atoms with van der Waals surface area (Å²) in [6.45, 7) is 18.9. The highest BCUT2D eigenvalue weighted by Crippen LogP contribution is 2.37. The van der Waals surface area contributed by atoms with Crippen LogP contribution in [0.25, 0.3) is 33.4 Å². The van der Waals surface area contributed by atoms with E-state index in [-0.39, 0.29) is 73.6 Å². The van der Waals surface area contributed by atoms with E-state index in [2.05, 4.69) is 58.2 Å². The molecule has 2 bridgehead atoms. The Morgan fingerprint density at radius 2 is 1.44 bits per heavy atom. The zero-order valence-corrected chi connectivity index (χ0v) is 74.7. The van der Waals surface area contributed by atoms with Crippen molar-refractivity contribution in [2.24, 2.45) is 23.7 Å². The molecule has 3 amide bonds. The number of carbonyl (C=O) groups is 6. The van der Waals surface area contributed by atoms with Crippen LogP contribution in [0.5, 0.6) is 0 Å². The number of piperazine rings is 1. The van der Waals surface area contributed by atoms with Crippen LogP contribution in [0.15, 0.2) is 107 Å². The number of alkyl carbamates (subject to hydrolysis) is 1. The van der Waals surface area contributed by atoms with Gasteiger partial charge in [0.15, 0.2) is 17.0 Å². The molecule has 6 aromatic rings. The van der Waals surface area contributed by atoms with Crippen LogP contribution < -0.4 is 21.7 Å². The summed E-state index contributed by atoms with van der Waals surface area (Å²) < 4.78 is 73.2. The second kappa shape index (κ2) is 47.5. The van der Waals surface area contributed by atoms with Gasteiger partial charge in [0.25, 0.3) is 11.9 Å². The lowest BCUT2D eigenvalue weighted by atomic mass is 9.81. The number of piperidine rings is 1. The summed E-state index contributed by atoms with van der Waals surface area (Å²) in [5, 5.41) is 20.2. The molecule has 4 aromatic heterocycles. The van der Waals surface area contributed by atoms with Crippen molar-refractivity contribution in [2.45, 2.75) is 218 Å².